The van der Waals surface area contributed by atoms with E-state index in [-0.39, 0.29) is 0 Å². The summed E-state index contributed by atoms with van der Waals surface area (Å²) in [6, 6.07) is 15.1. The minimum Gasteiger partial charge on any atom is -0.508 e. The molecule has 2 nitrogen and oxygen atoms in total. The van der Waals surface area contributed by atoms with E-state index in [1.165, 1.54) is 22.3 Å². The fourth-order valence-corrected chi connectivity index (χ4v) is 3.11. The molecule has 0 fully saturated rings. The molecule has 1 aliphatic rings. The van der Waals surface area contributed by atoms with Gasteiger partial charge in [0.25, 0.3) is 0 Å². The number of nitrogens with one attached hydrogen (secondary N) is 1. The summed E-state index contributed by atoms with van der Waals surface area (Å²) in [5, 5.41) is 13.3. The lowest BCUT2D eigenvalue weighted by Crippen LogP contribution is -2.23. The average molecular weight is 267 g/mol. The van der Waals surface area contributed by atoms with Gasteiger partial charge in [-0.25, -0.2) is 0 Å². The van der Waals surface area contributed by atoms with Gasteiger partial charge < -0.3 is 10.4 Å². The highest BCUT2D eigenvalue weighted by molar-refractivity contribution is 5.40. The van der Waals surface area contributed by atoms with E-state index in [1.807, 2.05) is 6.07 Å². The summed E-state index contributed by atoms with van der Waals surface area (Å²) < 4.78 is 0. The number of fused-ring (bicyclic) bond motifs is 1. The van der Waals surface area contributed by atoms with E-state index in [2.05, 4.69) is 49.5 Å². The van der Waals surface area contributed by atoms with Crippen LogP contribution in [-0.4, -0.2) is 5.11 Å². The van der Waals surface area contributed by atoms with Crippen molar-refractivity contribution in [3.05, 3.63) is 64.7 Å². The lowest BCUT2D eigenvalue weighted by atomic mass is 10.0. The average Bonchev–Trinajstić information content (AvgIpc) is 2.81. The number of hydrogen-bond acceptors (Lipinski definition) is 2. The van der Waals surface area contributed by atoms with Gasteiger partial charge in [-0.05, 0) is 55.5 Å². The number of phenols is 1. The molecule has 20 heavy (non-hydrogen) atoms. The van der Waals surface area contributed by atoms with Crippen LogP contribution < -0.4 is 5.32 Å². The van der Waals surface area contributed by atoms with Gasteiger partial charge in [-0.15, -0.1) is 0 Å². The Bertz CT molecular complexity index is 621. The van der Waals surface area contributed by atoms with Crippen LogP contribution in [0.25, 0.3) is 0 Å². The molecule has 2 heteroatoms. The first-order valence-corrected chi connectivity index (χ1v) is 7.28. The highest BCUT2D eigenvalue weighted by Crippen LogP contribution is 2.34. The van der Waals surface area contributed by atoms with Gasteiger partial charge in [-0.2, -0.15) is 0 Å². The summed E-state index contributed by atoms with van der Waals surface area (Å²) in [6.07, 6.45) is 2.15. The summed E-state index contributed by atoms with van der Waals surface area (Å²) in [5.74, 6) is 0.371. The molecule has 0 aromatic heterocycles. The summed E-state index contributed by atoms with van der Waals surface area (Å²) in [6.45, 7) is 4.34. The molecule has 1 aliphatic carbocycles. The van der Waals surface area contributed by atoms with Crippen molar-refractivity contribution in [3.63, 3.8) is 0 Å². The Balaban J connectivity index is 1.77. The van der Waals surface area contributed by atoms with Crippen LogP contribution in [0.4, 0.5) is 0 Å². The van der Waals surface area contributed by atoms with E-state index in [4.69, 9.17) is 0 Å². The van der Waals surface area contributed by atoms with Gasteiger partial charge in [-0.1, -0.05) is 35.9 Å². The number of rotatable bonds is 3. The number of aryl methyl sites for hydroxylation is 2. The Labute approximate surface area is 120 Å². The Morgan fingerprint density at radius 2 is 2.05 bits per heavy atom. The van der Waals surface area contributed by atoms with Crippen LogP contribution in [0.15, 0.2) is 42.5 Å². The Morgan fingerprint density at radius 1 is 1.20 bits per heavy atom. The van der Waals surface area contributed by atoms with Crippen LogP contribution in [0.1, 0.15) is 47.7 Å². The molecule has 0 spiro atoms. The SMILES string of the molecule is Cc1cccc([C@H](C)NC2CCc3cc(O)ccc32)c1. The molecule has 0 saturated carbocycles. The zero-order chi connectivity index (χ0) is 14.1. The molecule has 2 aromatic rings. The lowest BCUT2D eigenvalue weighted by molar-refractivity contribution is 0.464. The topological polar surface area (TPSA) is 32.3 Å². The summed E-state index contributed by atoms with van der Waals surface area (Å²) in [7, 11) is 0. The highest BCUT2D eigenvalue weighted by Gasteiger charge is 2.24. The first kappa shape index (κ1) is 13.2. The zero-order valence-corrected chi connectivity index (χ0v) is 12.1. The quantitative estimate of drug-likeness (QED) is 0.879. The van der Waals surface area contributed by atoms with E-state index in [0.717, 1.165) is 12.8 Å². The predicted molar refractivity (Wildman–Crippen MR) is 81.9 cm³/mol. The fraction of sp³-hybridized carbons (Fsp3) is 0.333. The molecular formula is C18H21NO. The number of phenolic OH excluding ortho intramolecular Hbond substituents is 1. The monoisotopic (exact) mass is 267 g/mol. The number of hydrogen-bond donors (Lipinski definition) is 2. The van der Waals surface area contributed by atoms with Crippen molar-refractivity contribution >= 4 is 0 Å². The summed E-state index contributed by atoms with van der Waals surface area (Å²) in [5.41, 5.74) is 5.24. The minimum absolute atomic E-state index is 0.333. The molecule has 2 aromatic carbocycles. The van der Waals surface area contributed by atoms with Gasteiger partial charge in [0.1, 0.15) is 5.75 Å². The third-order valence-corrected chi connectivity index (χ3v) is 4.20. The molecule has 104 valence electrons. The first-order chi connectivity index (χ1) is 9.63. The van der Waals surface area contributed by atoms with Crippen LogP contribution >= 0.6 is 0 Å². The van der Waals surface area contributed by atoms with Crippen molar-refractivity contribution < 1.29 is 5.11 Å². The van der Waals surface area contributed by atoms with Gasteiger partial charge in [0, 0.05) is 12.1 Å². The van der Waals surface area contributed by atoms with Crippen LogP contribution in [0.5, 0.6) is 5.75 Å². The minimum atomic E-state index is 0.333. The molecule has 3 rings (SSSR count). The Hall–Kier alpha value is -1.80. The fourth-order valence-electron chi connectivity index (χ4n) is 3.11. The maximum Gasteiger partial charge on any atom is 0.115 e. The molecule has 0 radical (unpaired) electrons. The molecule has 0 aliphatic heterocycles. The molecule has 2 atom stereocenters. The molecule has 0 saturated heterocycles. The molecule has 0 amide bonds. The van der Waals surface area contributed by atoms with Crippen molar-refractivity contribution in [1.29, 1.82) is 0 Å². The van der Waals surface area contributed by atoms with Gasteiger partial charge in [-0.3, -0.25) is 0 Å². The predicted octanol–water partition coefficient (Wildman–Crippen LogP) is 4.04. The van der Waals surface area contributed by atoms with Gasteiger partial charge in [0.05, 0.1) is 0 Å². The third-order valence-electron chi connectivity index (χ3n) is 4.20. The Kier molecular flexibility index (Phi) is 3.49. The van der Waals surface area contributed by atoms with Gasteiger partial charge in [0.15, 0.2) is 0 Å². The molecule has 0 bridgehead atoms. The maximum atomic E-state index is 9.55. The van der Waals surface area contributed by atoms with E-state index in [9.17, 15) is 5.11 Å². The van der Waals surface area contributed by atoms with Crippen LogP contribution in [0, 0.1) is 6.92 Å². The summed E-state index contributed by atoms with van der Waals surface area (Å²) >= 11 is 0. The van der Waals surface area contributed by atoms with Crippen molar-refractivity contribution in [2.45, 2.75) is 38.8 Å². The first-order valence-electron chi connectivity index (χ1n) is 7.28. The van der Waals surface area contributed by atoms with E-state index in [0.29, 0.717) is 17.8 Å². The molecule has 2 N–H and O–H groups in total. The van der Waals surface area contributed by atoms with Crippen molar-refractivity contribution in [1.82, 2.24) is 5.32 Å². The van der Waals surface area contributed by atoms with Crippen LogP contribution in [0.2, 0.25) is 0 Å². The maximum absolute atomic E-state index is 9.55. The van der Waals surface area contributed by atoms with Crippen LogP contribution in [-0.2, 0) is 6.42 Å². The highest BCUT2D eigenvalue weighted by atomic mass is 16.3. The normalized spacial score (nSPS) is 18.8. The van der Waals surface area contributed by atoms with E-state index >= 15 is 0 Å². The molecule has 1 unspecified atom stereocenters. The van der Waals surface area contributed by atoms with Gasteiger partial charge >= 0.3 is 0 Å². The third kappa shape index (κ3) is 2.56. The standard InChI is InChI=1S/C18H21NO/c1-12-4-3-5-14(10-12)13(2)19-18-9-6-15-11-16(20)7-8-17(15)18/h3-5,7-8,10-11,13,18-20H,6,9H2,1-2H3/t13-,18?/m0/s1. The molecule has 0 heterocycles. The van der Waals surface area contributed by atoms with E-state index in [1.54, 1.807) is 6.07 Å². The zero-order valence-electron chi connectivity index (χ0n) is 12.1. The second-order valence-corrected chi connectivity index (χ2v) is 5.78. The van der Waals surface area contributed by atoms with Crippen molar-refractivity contribution in [2.24, 2.45) is 0 Å². The van der Waals surface area contributed by atoms with Crippen molar-refractivity contribution in [2.75, 3.05) is 0 Å². The number of aromatic hydroxyl groups is 1. The lowest BCUT2D eigenvalue weighted by Gasteiger charge is -2.21. The second-order valence-electron chi connectivity index (χ2n) is 5.78. The largest absolute Gasteiger partial charge is 0.508 e. The second kappa shape index (κ2) is 5.29. The molecular weight excluding hydrogens is 246 g/mol. The number of benzene rings is 2. The summed E-state index contributed by atoms with van der Waals surface area (Å²) in [4.78, 5) is 0. The van der Waals surface area contributed by atoms with E-state index < -0.39 is 0 Å². The smallest absolute Gasteiger partial charge is 0.115 e. The van der Waals surface area contributed by atoms with Crippen LogP contribution in [0.3, 0.4) is 0 Å². The van der Waals surface area contributed by atoms with Crippen molar-refractivity contribution in [3.8, 4) is 5.75 Å². The van der Waals surface area contributed by atoms with Gasteiger partial charge in [0.2, 0.25) is 0 Å². The Morgan fingerprint density at radius 3 is 2.85 bits per heavy atom.